The van der Waals surface area contributed by atoms with Crippen molar-refractivity contribution in [2.45, 2.75) is 72.8 Å². The molecule has 0 saturated heterocycles. The summed E-state index contributed by atoms with van der Waals surface area (Å²) in [7, 11) is 1.15. The SMILES string of the molecule is COC(=O)C#Cc1cc(C(C)C)c2c(c1O)C(=O)C1C(=O)[C@@]3(O)C(=O)C(C(C)=O)C(=O)C(C(C)C)[C@@]3(C)C[C@@]1(C)C2. The summed E-state index contributed by atoms with van der Waals surface area (Å²) < 4.78 is 4.55. The molecular weight excluding hydrogens is 528 g/mol. The number of carbonyl (C=O) groups is 6. The van der Waals surface area contributed by atoms with Crippen molar-refractivity contribution in [2.75, 3.05) is 7.11 Å². The Hall–Kier alpha value is -3.64. The summed E-state index contributed by atoms with van der Waals surface area (Å²) in [5.41, 5.74) is -4.40. The Bertz CT molecular complexity index is 1490. The fraction of sp³-hybridized carbons (Fsp3) is 0.562. The van der Waals surface area contributed by atoms with E-state index in [1.54, 1.807) is 26.8 Å². The maximum atomic E-state index is 14.4. The van der Waals surface area contributed by atoms with Gasteiger partial charge in [0.05, 0.1) is 24.2 Å². The van der Waals surface area contributed by atoms with Gasteiger partial charge in [0.15, 0.2) is 28.7 Å². The smallest absolute Gasteiger partial charge is 0.384 e. The number of hydrogen-bond acceptors (Lipinski definition) is 9. The molecule has 0 aromatic heterocycles. The molecule has 9 nitrogen and oxygen atoms in total. The van der Waals surface area contributed by atoms with Gasteiger partial charge in [-0.2, -0.15) is 0 Å². The molecule has 3 aliphatic rings. The van der Waals surface area contributed by atoms with E-state index >= 15 is 0 Å². The third-order valence-corrected chi connectivity index (χ3v) is 9.52. The van der Waals surface area contributed by atoms with Crippen LogP contribution < -0.4 is 0 Å². The van der Waals surface area contributed by atoms with Gasteiger partial charge >= 0.3 is 5.97 Å². The number of aromatic hydroxyl groups is 1. The van der Waals surface area contributed by atoms with Gasteiger partial charge in [-0.1, -0.05) is 47.5 Å². The van der Waals surface area contributed by atoms with Crippen LogP contribution in [-0.2, 0) is 35.1 Å². The lowest BCUT2D eigenvalue weighted by Gasteiger charge is -2.62. The number of benzene rings is 1. The van der Waals surface area contributed by atoms with Gasteiger partial charge in [-0.15, -0.1) is 0 Å². The topological polar surface area (TPSA) is 152 Å². The lowest BCUT2D eigenvalue weighted by Crippen LogP contribution is -2.76. The molecule has 0 spiro atoms. The molecule has 0 radical (unpaired) electrons. The van der Waals surface area contributed by atoms with Crippen LogP contribution in [0.3, 0.4) is 0 Å². The molecule has 4 rings (SSSR count). The van der Waals surface area contributed by atoms with Crippen molar-refractivity contribution in [1.29, 1.82) is 0 Å². The van der Waals surface area contributed by atoms with E-state index in [2.05, 4.69) is 16.6 Å². The largest absolute Gasteiger partial charge is 0.506 e. The molecule has 6 atom stereocenters. The zero-order valence-electron chi connectivity index (χ0n) is 24.6. The highest BCUT2D eigenvalue weighted by atomic mass is 16.5. The molecule has 2 fully saturated rings. The quantitative estimate of drug-likeness (QED) is 0.321. The number of hydrogen-bond donors (Lipinski definition) is 2. The number of esters is 1. The number of aliphatic hydroxyl groups is 1. The monoisotopic (exact) mass is 564 g/mol. The van der Waals surface area contributed by atoms with Crippen molar-refractivity contribution >= 4 is 34.9 Å². The normalized spacial score (nSPS) is 32.6. The van der Waals surface area contributed by atoms with E-state index in [9.17, 15) is 39.0 Å². The van der Waals surface area contributed by atoms with Gasteiger partial charge in [-0.3, -0.25) is 24.0 Å². The van der Waals surface area contributed by atoms with Crippen LogP contribution in [0.25, 0.3) is 0 Å². The Labute approximate surface area is 239 Å². The molecule has 1 aromatic carbocycles. The van der Waals surface area contributed by atoms with E-state index in [1.165, 1.54) is 6.92 Å². The number of ether oxygens (including phenoxy) is 1. The fourth-order valence-corrected chi connectivity index (χ4v) is 8.01. The molecule has 0 aliphatic heterocycles. The van der Waals surface area contributed by atoms with Gasteiger partial charge in [-0.25, -0.2) is 4.79 Å². The van der Waals surface area contributed by atoms with Crippen molar-refractivity contribution in [1.82, 2.24) is 0 Å². The second-order valence-electron chi connectivity index (χ2n) is 12.9. The fourth-order valence-electron chi connectivity index (χ4n) is 8.01. The standard InChI is InChI=1S/C32H36O9/c1-14(2)18-11-17(9-10-20(34)41-8)25(35)22-19(18)12-30(6)13-31(7)23(15(3)4)26(36)21(16(5)33)28(38)32(31,40)29(39)24(30)27(22)37/h11,14-15,21,23-24,35,40H,12-13H2,1-8H3/t21?,23?,24?,30-,31-,32+/m1/s1. The van der Waals surface area contributed by atoms with E-state index in [1.807, 2.05) is 13.8 Å². The molecule has 0 amide bonds. The van der Waals surface area contributed by atoms with Gasteiger partial charge in [0, 0.05) is 17.3 Å². The van der Waals surface area contributed by atoms with Gasteiger partial charge in [-0.05, 0) is 54.2 Å². The first-order valence-corrected chi connectivity index (χ1v) is 13.8. The molecule has 218 valence electrons. The zero-order chi connectivity index (χ0) is 31.0. The van der Waals surface area contributed by atoms with Gasteiger partial charge in [0.1, 0.15) is 17.5 Å². The third kappa shape index (κ3) is 4.02. The first kappa shape index (κ1) is 30.3. The Balaban J connectivity index is 2.00. The Morgan fingerprint density at radius 1 is 1.07 bits per heavy atom. The number of phenols is 1. The molecule has 41 heavy (non-hydrogen) atoms. The van der Waals surface area contributed by atoms with Crippen molar-refractivity contribution < 1.29 is 43.7 Å². The summed E-state index contributed by atoms with van der Waals surface area (Å²) in [6.07, 6.45) is 0.122. The van der Waals surface area contributed by atoms with Crippen LogP contribution in [0.1, 0.15) is 87.9 Å². The maximum Gasteiger partial charge on any atom is 0.384 e. The van der Waals surface area contributed by atoms with E-state index < -0.39 is 80.7 Å². The minimum absolute atomic E-state index is 0.00235. The van der Waals surface area contributed by atoms with Crippen LogP contribution in [0, 0.1) is 46.3 Å². The highest BCUT2D eigenvalue weighted by Gasteiger charge is 2.76. The minimum atomic E-state index is -2.76. The molecule has 3 aliphatic carbocycles. The number of ketones is 5. The van der Waals surface area contributed by atoms with Gasteiger partial charge in [0.2, 0.25) is 0 Å². The first-order valence-electron chi connectivity index (χ1n) is 13.8. The third-order valence-electron chi connectivity index (χ3n) is 9.52. The highest BCUT2D eigenvalue weighted by molar-refractivity contribution is 6.32. The van der Waals surface area contributed by atoms with Crippen molar-refractivity contribution in [3.63, 3.8) is 0 Å². The molecule has 0 heterocycles. The summed E-state index contributed by atoms with van der Waals surface area (Å²) in [5.74, 6) is -5.86. The summed E-state index contributed by atoms with van der Waals surface area (Å²) >= 11 is 0. The highest BCUT2D eigenvalue weighted by Crippen LogP contribution is 2.64. The Morgan fingerprint density at radius 3 is 2.20 bits per heavy atom. The minimum Gasteiger partial charge on any atom is -0.506 e. The molecule has 2 saturated carbocycles. The average Bonchev–Trinajstić information content (AvgIpc) is 2.84. The number of Topliss-reactive ketones (excluding diaryl/α,β-unsaturated/α-hetero) is 5. The van der Waals surface area contributed by atoms with Crippen LogP contribution in [-0.4, -0.2) is 57.8 Å². The van der Waals surface area contributed by atoms with E-state index in [4.69, 9.17) is 0 Å². The Morgan fingerprint density at radius 2 is 1.68 bits per heavy atom. The molecule has 0 bridgehead atoms. The predicted molar refractivity (Wildman–Crippen MR) is 146 cm³/mol. The lowest BCUT2D eigenvalue weighted by atomic mass is 9.39. The van der Waals surface area contributed by atoms with Crippen LogP contribution in [0.2, 0.25) is 0 Å². The predicted octanol–water partition coefficient (Wildman–Crippen LogP) is 2.74. The van der Waals surface area contributed by atoms with Crippen LogP contribution in [0.5, 0.6) is 5.75 Å². The molecule has 2 N–H and O–H groups in total. The van der Waals surface area contributed by atoms with Crippen LogP contribution in [0.15, 0.2) is 6.07 Å². The summed E-state index contributed by atoms with van der Waals surface area (Å²) in [6.45, 7) is 11.6. The summed E-state index contributed by atoms with van der Waals surface area (Å²) in [4.78, 5) is 80.1. The number of methoxy groups -OCH3 is 1. The van der Waals surface area contributed by atoms with E-state index in [0.29, 0.717) is 11.1 Å². The average molecular weight is 565 g/mol. The Kier molecular flexibility index (Phi) is 7.19. The second kappa shape index (κ2) is 9.73. The van der Waals surface area contributed by atoms with Gasteiger partial charge < -0.3 is 14.9 Å². The summed E-state index contributed by atoms with van der Waals surface area (Å²) in [5, 5.41) is 23.3. The van der Waals surface area contributed by atoms with Crippen LogP contribution >= 0.6 is 0 Å². The number of carbonyl (C=O) groups excluding carboxylic acids is 6. The number of phenolic OH excluding ortho intramolecular Hbond substituents is 1. The number of fused-ring (bicyclic) bond motifs is 3. The van der Waals surface area contributed by atoms with Crippen LogP contribution in [0.4, 0.5) is 0 Å². The van der Waals surface area contributed by atoms with Crippen molar-refractivity contribution in [3.05, 3.63) is 28.3 Å². The molecule has 1 aromatic rings. The molecule has 3 unspecified atom stereocenters. The summed E-state index contributed by atoms with van der Waals surface area (Å²) in [6, 6.07) is 1.61. The van der Waals surface area contributed by atoms with E-state index in [-0.39, 0.29) is 29.9 Å². The maximum absolute atomic E-state index is 14.4. The lowest BCUT2D eigenvalue weighted by molar-refractivity contribution is -0.205. The van der Waals surface area contributed by atoms with Gasteiger partial charge in [0.25, 0.3) is 0 Å². The van der Waals surface area contributed by atoms with E-state index in [0.717, 1.165) is 14.0 Å². The molecular formula is C32H36O9. The van der Waals surface area contributed by atoms with Crippen molar-refractivity contribution in [2.24, 2.45) is 34.5 Å². The van der Waals surface area contributed by atoms with Crippen molar-refractivity contribution in [3.8, 4) is 17.6 Å². The second-order valence-corrected chi connectivity index (χ2v) is 12.9. The molecule has 9 heteroatoms. The number of rotatable bonds is 3. The first-order chi connectivity index (χ1) is 18.9. The zero-order valence-corrected chi connectivity index (χ0v) is 24.6.